The molecule has 1 heterocycles. The minimum Gasteiger partial charge on any atom is -0.204 e. The predicted octanol–water partition coefficient (Wildman–Crippen LogP) is 5.08. The van der Waals surface area contributed by atoms with Crippen LogP contribution in [0.25, 0.3) is 0 Å². The van der Waals surface area contributed by atoms with E-state index < -0.39 is 10.0 Å². The second kappa shape index (κ2) is 7.53. The molecule has 0 bridgehead atoms. The molecule has 0 amide bonds. The van der Waals surface area contributed by atoms with Crippen molar-refractivity contribution in [3.63, 3.8) is 0 Å². The molecule has 0 saturated carbocycles. The van der Waals surface area contributed by atoms with E-state index >= 15 is 0 Å². The molecule has 1 saturated heterocycles. The minimum atomic E-state index is -3.58. The summed E-state index contributed by atoms with van der Waals surface area (Å²) in [7, 11) is -3.58. The lowest BCUT2D eigenvalue weighted by Gasteiger charge is -2.40. The molecule has 3 aromatic carbocycles. The maximum Gasteiger partial charge on any atom is 0.328 e. The Morgan fingerprint density at radius 3 is 1.64 bits per heavy atom. The number of likely N-dealkylation sites (tertiary alicyclic amines) is 1. The monoisotopic (exact) mass is 392 g/mol. The standard InChI is InChI=1S/C24H26NO2S/c1-20-14-16-23(17-15-20)28(26,27)25(18-8-9-19-25)24(21-10-4-2-5-11-21)22-12-6-3-7-13-22/h2-7,10-17,24H,8-9,18-19H2,1H3/q+1. The van der Waals surface area contributed by atoms with E-state index in [1.165, 1.54) is 0 Å². The Labute approximate surface area is 167 Å². The molecule has 0 aromatic heterocycles. The van der Waals surface area contributed by atoms with Gasteiger partial charge < -0.3 is 0 Å². The van der Waals surface area contributed by atoms with Crippen molar-refractivity contribution in [1.29, 1.82) is 0 Å². The molecule has 144 valence electrons. The molecule has 0 atom stereocenters. The SMILES string of the molecule is Cc1ccc(S(=O)(=O)[N+]2(C(c3ccccc3)c3ccccc3)CCCC2)cc1. The second-order valence-electron chi connectivity index (χ2n) is 7.62. The maximum atomic E-state index is 14.0. The van der Waals surface area contributed by atoms with Crippen LogP contribution in [0.5, 0.6) is 0 Å². The highest BCUT2D eigenvalue weighted by molar-refractivity contribution is 7.86. The molecule has 3 nitrogen and oxygen atoms in total. The predicted molar refractivity (Wildman–Crippen MR) is 112 cm³/mol. The van der Waals surface area contributed by atoms with Gasteiger partial charge in [-0.3, -0.25) is 0 Å². The summed E-state index contributed by atoms with van der Waals surface area (Å²) in [5.41, 5.74) is 3.16. The smallest absolute Gasteiger partial charge is 0.204 e. The molecule has 4 heteroatoms. The minimum absolute atomic E-state index is 0.0596. The zero-order valence-electron chi connectivity index (χ0n) is 16.2. The number of rotatable bonds is 5. The van der Waals surface area contributed by atoms with E-state index in [1.54, 1.807) is 12.1 Å². The lowest BCUT2D eigenvalue weighted by molar-refractivity contribution is -0.820. The molecule has 4 rings (SSSR count). The third-order valence-electron chi connectivity index (χ3n) is 5.82. The van der Waals surface area contributed by atoms with Crippen molar-refractivity contribution in [1.82, 2.24) is 0 Å². The number of nitrogens with zero attached hydrogens (tertiary/aromatic N) is 1. The quantitative estimate of drug-likeness (QED) is 0.567. The fourth-order valence-electron chi connectivity index (χ4n) is 4.43. The van der Waals surface area contributed by atoms with Crippen LogP contribution in [0.15, 0.2) is 89.8 Å². The van der Waals surface area contributed by atoms with Crippen LogP contribution in [-0.2, 0) is 10.0 Å². The van der Waals surface area contributed by atoms with Gasteiger partial charge in [-0.15, -0.1) is 0 Å². The summed E-state index contributed by atoms with van der Waals surface area (Å²) in [4.78, 5) is 0.414. The molecule has 3 aromatic rings. The van der Waals surface area contributed by atoms with E-state index in [1.807, 2.05) is 55.5 Å². The Kier molecular flexibility index (Phi) is 5.09. The molecule has 0 unspecified atom stereocenters. The second-order valence-corrected chi connectivity index (χ2v) is 9.77. The van der Waals surface area contributed by atoms with Crippen molar-refractivity contribution in [2.24, 2.45) is 0 Å². The van der Waals surface area contributed by atoms with Gasteiger partial charge in [0.25, 0.3) is 0 Å². The van der Waals surface area contributed by atoms with E-state index in [9.17, 15) is 8.42 Å². The van der Waals surface area contributed by atoms with Crippen molar-refractivity contribution < 1.29 is 12.3 Å². The first-order valence-electron chi connectivity index (χ1n) is 9.83. The van der Waals surface area contributed by atoms with Crippen LogP contribution < -0.4 is 0 Å². The van der Waals surface area contributed by atoms with E-state index in [-0.39, 0.29) is 9.93 Å². The Hall–Kier alpha value is -2.43. The molecule has 1 aliphatic rings. The van der Waals surface area contributed by atoms with Gasteiger partial charge in [0, 0.05) is 24.0 Å². The number of hydrogen-bond acceptors (Lipinski definition) is 2. The summed E-state index contributed by atoms with van der Waals surface area (Å²) in [5.74, 6) is 0. The van der Waals surface area contributed by atoms with Gasteiger partial charge in [0.05, 0.1) is 13.1 Å². The fourth-order valence-corrected chi connectivity index (χ4v) is 6.59. The zero-order valence-corrected chi connectivity index (χ0v) is 17.0. The van der Waals surface area contributed by atoms with Crippen LogP contribution in [0.1, 0.15) is 35.6 Å². The van der Waals surface area contributed by atoms with Crippen molar-refractivity contribution in [3.05, 3.63) is 102 Å². The molecule has 28 heavy (non-hydrogen) atoms. The largest absolute Gasteiger partial charge is 0.328 e. The highest BCUT2D eigenvalue weighted by atomic mass is 32.2. The van der Waals surface area contributed by atoms with Crippen molar-refractivity contribution >= 4 is 10.0 Å². The molecule has 1 aliphatic heterocycles. The number of quaternary nitrogens is 1. The Morgan fingerprint density at radius 2 is 1.18 bits per heavy atom. The average molecular weight is 393 g/mol. The van der Waals surface area contributed by atoms with Crippen molar-refractivity contribution in [2.75, 3.05) is 13.1 Å². The first kappa shape index (κ1) is 18.9. The topological polar surface area (TPSA) is 34.1 Å². The molecular weight excluding hydrogens is 366 g/mol. The number of hydrogen-bond donors (Lipinski definition) is 0. The molecule has 1 fully saturated rings. The molecule has 0 radical (unpaired) electrons. The highest BCUT2D eigenvalue weighted by Crippen LogP contribution is 2.44. The average Bonchev–Trinajstić information content (AvgIpc) is 3.21. The van der Waals surface area contributed by atoms with Crippen LogP contribution >= 0.6 is 0 Å². The normalized spacial score (nSPS) is 16.4. The zero-order chi connectivity index (χ0) is 19.6. The summed E-state index contributed by atoms with van der Waals surface area (Å²) < 4.78 is 28.1. The molecule has 0 N–H and O–H groups in total. The van der Waals surface area contributed by atoms with Gasteiger partial charge in [0.15, 0.2) is 6.04 Å². The van der Waals surface area contributed by atoms with Gasteiger partial charge >= 0.3 is 10.0 Å². The summed E-state index contributed by atoms with van der Waals surface area (Å²) in [5, 5.41) is 0. The van der Waals surface area contributed by atoms with Gasteiger partial charge in [-0.1, -0.05) is 78.4 Å². The van der Waals surface area contributed by atoms with Gasteiger partial charge in [-0.25, -0.2) is 3.89 Å². The summed E-state index contributed by atoms with van der Waals surface area (Å²) >= 11 is 0. The van der Waals surface area contributed by atoms with Crippen LogP contribution in [0.3, 0.4) is 0 Å². The third-order valence-corrected chi connectivity index (χ3v) is 8.22. The fraction of sp³-hybridized carbons (Fsp3) is 0.250. The number of benzene rings is 3. The lowest BCUT2D eigenvalue weighted by Crippen LogP contribution is -2.53. The van der Waals surface area contributed by atoms with Crippen molar-refractivity contribution in [3.8, 4) is 0 Å². The third kappa shape index (κ3) is 3.17. The van der Waals surface area contributed by atoms with Crippen LogP contribution in [-0.4, -0.2) is 25.4 Å². The summed E-state index contributed by atoms with van der Waals surface area (Å²) in [6, 6.07) is 27.2. The van der Waals surface area contributed by atoms with E-state index in [0.717, 1.165) is 29.5 Å². The van der Waals surface area contributed by atoms with Crippen LogP contribution in [0.4, 0.5) is 0 Å². The van der Waals surface area contributed by atoms with Crippen molar-refractivity contribution in [2.45, 2.75) is 30.7 Å². The van der Waals surface area contributed by atoms with Gasteiger partial charge in [0.1, 0.15) is 4.90 Å². The molecule has 0 aliphatic carbocycles. The molecular formula is C24H26NO2S+. The van der Waals surface area contributed by atoms with Gasteiger partial charge in [-0.2, -0.15) is 8.42 Å². The summed E-state index contributed by atoms with van der Waals surface area (Å²) in [6.45, 7) is 3.24. The van der Waals surface area contributed by atoms with E-state index in [4.69, 9.17) is 0 Å². The number of aryl methyl sites for hydroxylation is 1. The lowest BCUT2D eigenvalue weighted by atomic mass is 9.97. The van der Waals surface area contributed by atoms with Crippen LogP contribution in [0.2, 0.25) is 0 Å². The maximum absolute atomic E-state index is 14.0. The summed E-state index contributed by atoms with van der Waals surface area (Å²) in [6.07, 6.45) is 1.84. The Morgan fingerprint density at radius 1 is 0.714 bits per heavy atom. The van der Waals surface area contributed by atoms with E-state index in [0.29, 0.717) is 18.0 Å². The van der Waals surface area contributed by atoms with E-state index in [2.05, 4.69) is 24.3 Å². The van der Waals surface area contributed by atoms with Gasteiger partial charge in [0.2, 0.25) is 0 Å². The first-order valence-corrected chi connectivity index (χ1v) is 11.3. The molecule has 0 spiro atoms. The Bertz CT molecular complexity index is 983. The van der Waals surface area contributed by atoms with Gasteiger partial charge in [-0.05, 0) is 19.1 Å². The Balaban J connectivity index is 1.94. The number of sulfonamides is 1. The first-order chi connectivity index (χ1) is 13.5. The highest BCUT2D eigenvalue weighted by Gasteiger charge is 2.52. The van der Waals surface area contributed by atoms with Crippen LogP contribution in [0, 0.1) is 6.92 Å².